The van der Waals surface area contributed by atoms with E-state index in [0.29, 0.717) is 0 Å². The summed E-state index contributed by atoms with van der Waals surface area (Å²) in [6.07, 6.45) is 0.131. The first kappa shape index (κ1) is 22.9. The van der Waals surface area contributed by atoms with Gasteiger partial charge in [-0.05, 0) is 76.9 Å². The van der Waals surface area contributed by atoms with Crippen LogP contribution < -0.4 is 9.80 Å². The van der Waals surface area contributed by atoms with E-state index in [-0.39, 0.29) is 12.1 Å². The van der Waals surface area contributed by atoms with Crippen molar-refractivity contribution in [1.82, 2.24) is 0 Å². The number of anilines is 4. The predicted molar refractivity (Wildman–Crippen MR) is 174 cm³/mol. The molecule has 9 rings (SSSR count). The van der Waals surface area contributed by atoms with Crippen LogP contribution in [-0.4, -0.2) is 6.17 Å². The summed E-state index contributed by atoms with van der Waals surface area (Å²) in [6.45, 7) is 0. The van der Waals surface area contributed by atoms with Crippen LogP contribution in [0, 0.1) is 0 Å². The molecule has 2 unspecified atom stereocenters. The Labute approximate surface area is 243 Å². The second-order valence-corrected chi connectivity index (χ2v) is 12.0. The minimum atomic E-state index is 0.131. The van der Waals surface area contributed by atoms with Crippen molar-refractivity contribution in [3.63, 3.8) is 0 Å². The molecule has 41 heavy (non-hydrogen) atoms. The van der Waals surface area contributed by atoms with E-state index in [1.807, 2.05) is 11.3 Å². The van der Waals surface area contributed by atoms with Crippen LogP contribution >= 0.6 is 11.3 Å². The maximum Gasteiger partial charge on any atom is 0.122 e. The minimum absolute atomic E-state index is 0.131. The summed E-state index contributed by atoms with van der Waals surface area (Å²) in [6, 6.07) is 53.5. The number of thiophene rings is 1. The lowest BCUT2D eigenvalue weighted by atomic mass is 9.93. The summed E-state index contributed by atoms with van der Waals surface area (Å²) < 4.78 is 2.69. The molecule has 2 aliphatic rings. The van der Waals surface area contributed by atoms with Crippen LogP contribution in [0.4, 0.5) is 22.7 Å². The van der Waals surface area contributed by atoms with Gasteiger partial charge in [0.2, 0.25) is 0 Å². The van der Waals surface area contributed by atoms with Crippen molar-refractivity contribution in [2.75, 3.05) is 9.80 Å². The maximum atomic E-state index is 2.55. The van der Waals surface area contributed by atoms with Crippen LogP contribution in [0.3, 0.4) is 0 Å². The van der Waals surface area contributed by atoms with Crippen molar-refractivity contribution in [3.8, 4) is 11.1 Å². The summed E-state index contributed by atoms with van der Waals surface area (Å²) >= 11 is 1.87. The number of para-hydroxylation sites is 3. The molecule has 0 radical (unpaired) electrons. The second kappa shape index (κ2) is 8.82. The van der Waals surface area contributed by atoms with E-state index in [1.165, 1.54) is 65.2 Å². The van der Waals surface area contributed by atoms with Crippen molar-refractivity contribution in [2.24, 2.45) is 0 Å². The van der Waals surface area contributed by atoms with E-state index in [2.05, 4.69) is 155 Å². The van der Waals surface area contributed by atoms with E-state index >= 15 is 0 Å². The smallest absolute Gasteiger partial charge is 0.122 e. The van der Waals surface area contributed by atoms with Crippen molar-refractivity contribution in [1.29, 1.82) is 0 Å². The Hall–Kier alpha value is -4.86. The number of benzene rings is 6. The molecule has 0 aliphatic carbocycles. The first-order chi connectivity index (χ1) is 20.3. The Morgan fingerprint density at radius 1 is 0.439 bits per heavy atom. The van der Waals surface area contributed by atoms with Crippen molar-refractivity contribution >= 4 is 54.3 Å². The minimum Gasteiger partial charge on any atom is -0.319 e. The second-order valence-electron chi connectivity index (χ2n) is 10.9. The molecule has 0 amide bonds. The molecule has 2 aliphatic heterocycles. The zero-order valence-corrected chi connectivity index (χ0v) is 23.1. The highest BCUT2D eigenvalue weighted by molar-refractivity contribution is 7.25. The summed E-state index contributed by atoms with van der Waals surface area (Å²) in [5.41, 5.74) is 10.3. The molecule has 3 heteroatoms. The molecule has 0 saturated heterocycles. The number of hydrogen-bond acceptors (Lipinski definition) is 3. The molecule has 2 atom stereocenters. The van der Waals surface area contributed by atoms with Crippen molar-refractivity contribution < 1.29 is 0 Å². The van der Waals surface area contributed by atoms with Crippen LogP contribution in [0.1, 0.15) is 17.0 Å². The van der Waals surface area contributed by atoms with Crippen LogP contribution in [0.15, 0.2) is 146 Å². The quantitative estimate of drug-likeness (QED) is 0.219. The highest BCUT2D eigenvalue weighted by Gasteiger charge is 2.49. The Morgan fingerprint density at radius 2 is 1.00 bits per heavy atom. The van der Waals surface area contributed by atoms with Crippen LogP contribution in [-0.2, 0) is 0 Å². The average molecular weight is 543 g/mol. The number of fused-ring (bicyclic) bond motifs is 8. The van der Waals surface area contributed by atoms with Crippen LogP contribution in [0.25, 0.3) is 31.3 Å². The summed E-state index contributed by atoms with van der Waals surface area (Å²) in [4.78, 5) is 5.08. The Morgan fingerprint density at radius 3 is 1.73 bits per heavy atom. The molecule has 0 fully saturated rings. The van der Waals surface area contributed by atoms with E-state index < -0.39 is 0 Å². The average Bonchev–Trinajstić information content (AvgIpc) is 3.69. The molecule has 1 aromatic heterocycles. The van der Waals surface area contributed by atoms with E-state index in [0.717, 1.165) is 0 Å². The normalized spacial score (nSPS) is 17.2. The molecule has 194 valence electrons. The van der Waals surface area contributed by atoms with Gasteiger partial charge in [-0.15, -0.1) is 11.3 Å². The van der Waals surface area contributed by atoms with Gasteiger partial charge in [-0.25, -0.2) is 0 Å². The SMILES string of the molecule is c1ccc(N2c3ccccc3C3c4ccccc4N(c4ccc(-c5ccc6sc7ccccc7c6c5)cc4)C32)cc1. The highest BCUT2D eigenvalue weighted by Crippen LogP contribution is 2.57. The molecular formula is C38H26N2S. The molecule has 2 nitrogen and oxygen atoms in total. The fourth-order valence-corrected chi connectivity index (χ4v) is 8.11. The van der Waals surface area contributed by atoms with Crippen LogP contribution in [0.2, 0.25) is 0 Å². The summed E-state index contributed by atoms with van der Waals surface area (Å²) in [5.74, 6) is 0.275. The molecule has 0 spiro atoms. The van der Waals surface area contributed by atoms with E-state index in [4.69, 9.17) is 0 Å². The first-order valence-corrected chi connectivity index (χ1v) is 15.0. The van der Waals surface area contributed by atoms with Gasteiger partial charge in [0, 0.05) is 42.9 Å². The largest absolute Gasteiger partial charge is 0.319 e. The zero-order valence-electron chi connectivity index (χ0n) is 22.3. The lowest BCUT2D eigenvalue weighted by Gasteiger charge is -2.36. The van der Waals surface area contributed by atoms with E-state index in [9.17, 15) is 0 Å². The summed E-state index contributed by atoms with van der Waals surface area (Å²) in [7, 11) is 0. The monoisotopic (exact) mass is 542 g/mol. The predicted octanol–water partition coefficient (Wildman–Crippen LogP) is 10.5. The Balaban J connectivity index is 1.17. The Bertz CT molecular complexity index is 2060. The van der Waals surface area contributed by atoms with Gasteiger partial charge in [0.05, 0.1) is 5.92 Å². The number of nitrogens with zero attached hydrogens (tertiary/aromatic N) is 2. The van der Waals surface area contributed by atoms with Gasteiger partial charge < -0.3 is 9.80 Å². The van der Waals surface area contributed by atoms with Gasteiger partial charge in [0.1, 0.15) is 6.17 Å². The summed E-state index contributed by atoms with van der Waals surface area (Å²) in [5, 5.41) is 2.68. The van der Waals surface area contributed by atoms with E-state index in [1.54, 1.807) is 0 Å². The lowest BCUT2D eigenvalue weighted by Crippen LogP contribution is -2.40. The van der Waals surface area contributed by atoms with Gasteiger partial charge >= 0.3 is 0 Å². The molecule has 6 aromatic carbocycles. The molecule has 7 aromatic rings. The molecular weight excluding hydrogens is 516 g/mol. The Kier molecular flexibility index (Phi) is 4.93. The fraction of sp³-hybridized carbons (Fsp3) is 0.0526. The van der Waals surface area contributed by atoms with Gasteiger partial charge in [-0.2, -0.15) is 0 Å². The van der Waals surface area contributed by atoms with Gasteiger partial charge in [0.25, 0.3) is 0 Å². The third-order valence-electron chi connectivity index (χ3n) is 8.78. The standard InChI is InChI=1S/C38H26N2S/c1-2-10-27(11-3-1)39-33-15-7-4-13-30(33)37-31-14-5-8-16-34(31)40(38(37)39)28-21-18-25(19-22-28)26-20-23-36-32(24-26)29-12-6-9-17-35(29)41-36/h1-24,37-38H. The first-order valence-electron chi connectivity index (χ1n) is 14.2. The zero-order chi connectivity index (χ0) is 26.9. The molecule has 3 heterocycles. The topological polar surface area (TPSA) is 6.48 Å². The molecule has 0 saturated carbocycles. The van der Waals surface area contributed by atoms with Crippen LogP contribution in [0.5, 0.6) is 0 Å². The number of rotatable bonds is 3. The lowest BCUT2D eigenvalue weighted by molar-refractivity contribution is 0.669. The third-order valence-corrected chi connectivity index (χ3v) is 9.93. The van der Waals surface area contributed by atoms with Gasteiger partial charge in [-0.1, -0.05) is 91.0 Å². The van der Waals surface area contributed by atoms with Crippen molar-refractivity contribution in [3.05, 3.63) is 157 Å². The molecule has 0 N–H and O–H groups in total. The third kappa shape index (κ3) is 3.36. The number of hydrogen-bond donors (Lipinski definition) is 0. The molecule has 0 bridgehead atoms. The van der Waals surface area contributed by atoms with Crippen molar-refractivity contribution in [2.45, 2.75) is 12.1 Å². The maximum absolute atomic E-state index is 2.55. The fourth-order valence-electron chi connectivity index (χ4n) is 7.02. The van der Waals surface area contributed by atoms with Gasteiger partial charge in [0.15, 0.2) is 0 Å². The van der Waals surface area contributed by atoms with Gasteiger partial charge in [-0.3, -0.25) is 0 Å². The highest BCUT2D eigenvalue weighted by atomic mass is 32.1.